The maximum absolute atomic E-state index is 10.5. The van der Waals surface area contributed by atoms with E-state index in [2.05, 4.69) is 4.81 Å². The molecule has 0 heterocycles. The summed E-state index contributed by atoms with van der Waals surface area (Å²) in [6.07, 6.45) is 0. The van der Waals surface area contributed by atoms with Gasteiger partial charge in [0.15, 0.2) is 0 Å². The highest BCUT2D eigenvalue weighted by Gasteiger charge is 2.07. The van der Waals surface area contributed by atoms with Gasteiger partial charge in [0.1, 0.15) is 0 Å². The number of hydrogen-bond acceptors (Lipinski definition) is 3. The van der Waals surface area contributed by atoms with E-state index in [1.165, 1.54) is 0 Å². The third-order valence-electron chi connectivity index (χ3n) is 0.0870. The molecule has 0 fully saturated rings. The summed E-state index contributed by atoms with van der Waals surface area (Å²) in [5.41, 5.74) is 0. The fourth-order valence-electron chi connectivity index (χ4n) is 0. The maximum atomic E-state index is 10.5. The average molecular weight is 79.8 g/mol. The fraction of sp³-hybridized carbons (Fsp3) is 0. The van der Waals surface area contributed by atoms with Crippen molar-refractivity contribution in [1.29, 1.82) is 0 Å². The van der Waals surface area contributed by atoms with Gasteiger partial charge in [0.25, 0.3) is 0 Å². The quantitative estimate of drug-likeness (QED) is 0.251. The molecule has 30 valence electrons. The molecule has 0 rings (SSSR count). The summed E-state index contributed by atoms with van der Waals surface area (Å²) in [5, 5.41) is 14.2. The van der Waals surface area contributed by atoms with Crippen LogP contribution in [0, 0.1) is 0 Å². The highest BCUT2D eigenvalue weighted by Crippen LogP contribution is 1.70. The van der Waals surface area contributed by atoms with Gasteiger partial charge in [-0.05, 0) is 0 Å². The molecule has 0 amide bonds. The van der Waals surface area contributed by atoms with E-state index in [1.54, 1.807) is 0 Å². The lowest BCUT2D eigenvalue weighted by Gasteiger charge is -1.78. The molecule has 3 nitrogen and oxygen atoms in total. The zero-order chi connectivity index (χ0) is 4.28. The van der Waals surface area contributed by atoms with E-state index in [0.717, 1.165) is 0 Å². The molecule has 0 aromatic rings. The van der Waals surface area contributed by atoms with E-state index in [0.29, 0.717) is 0 Å². The van der Waals surface area contributed by atoms with Crippen LogP contribution in [0.1, 0.15) is 0 Å². The van der Waals surface area contributed by atoms with Crippen LogP contribution >= 0.6 is 0 Å². The van der Waals surface area contributed by atoms with Crippen molar-refractivity contribution in [3.63, 3.8) is 0 Å². The molecule has 0 saturated carbocycles. The predicted molar refractivity (Wildman–Crippen MR) is 12.8 cm³/mol. The molecule has 2 N–H and O–H groups in total. The zero-order valence-corrected chi connectivity index (χ0v) is 2.26. The van der Waals surface area contributed by atoms with Crippen LogP contribution in [0.2, 0.25) is 0 Å². The van der Waals surface area contributed by atoms with Crippen LogP contribution in [-0.4, -0.2) is 17.7 Å². The highest BCUT2D eigenvalue weighted by molar-refractivity contribution is 6.33. The number of hydrogen-bond donors (Lipinski definition) is 2. The SMILES string of the molecule is OOB(O)F. The van der Waals surface area contributed by atoms with Gasteiger partial charge in [0, 0.05) is 0 Å². The summed E-state index contributed by atoms with van der Waals surface area (Å²) in [4.78, 5) is 2.64. The smallest absolute Gasteiger partial charge is 0.397 e. The van der Waals surface area contributed by atoms with E-state index in [9.17, 15) is 4.32 Å². The fourth-order valence-corrected chi connectivity index (χ4v) is 0. The van der Waals surface area contributed by atoms with Crippen molar-refractivity contribution in [2.45, 2.75) is 0 Å². The van der Waals surface area contributed by atoms with Gasteiger partial charge in [-0.15, -0.1) is 0 Å². The third kappa shape index (κ3) is 3.87. The summed E-state index contributed by atoms with van der Waals surface area (Å²) in [6, 6.07) is 0. The summed E-state index contributed by atoms with van der Waals surface area (Å²) in [6.45, 7) is 0. The average Bonchev–Trinajstić information content (AvgIpc) is 1.38. The van der Waals surface area contributed by atoms with Crippen LogP contribution in [-0.2, 0) is 4.81 Å². The molecular formula is H2BFO3. The predicted octanol–water partition coefficient (Wildman–Crippen LogP) is -0.577. The Morgan fingerprint density at radius 1 is 1.80 bits per heavy atom. The van der Waals surface area contributed by atoms with E-state index in [4.69, 9.17) is 10.3 Å². The second kappa shape index (κ2) is 2.13. The van der Waals surface area contributed by atoms with Gasteiger partial charge in [-0.25, -0.2) is 4.81 Å². The van der Waals surface area contributed by atoms with Gasteiger partial charge < -0.3 is 5.02 Å². The van der Waals surface area contributed by atoms with Crippen LogP contribution in [0.25, 0.3) is 0 Å². The van der Waals surface area contributed by atoms with Gasteiger partial charge in [0.05, 0.1) is 0 Å². The number of rotatable bonds is 1. The lowest BCUT2D eigenvalue weighted by Crippen LogP contribution is -2.05. The molecule has 0 atom stereocenters. The molecule has 0 aliphatic carbocycles. The van der Waals surface area contributed by atoms with Crippen molar-refractivity contribution in [1.82, 2.24) is 0 Å². The van der Waals surface area contributed by atoms with Crippen molar-refractivity contribution in [3.8, 4) is 0 Å². The minimum Gasteiger partial charge on any atom is -0.397 e. The van der Waals surface area contributed by atoms with Gasteiger partial charge in [-0.1, -0.05) is 0 Å². The van der Waals surface area contributed by atoms with Crippen molar-refractivity contribution in [2.75, 3.05) is 0 Å². The Labute approximate surface area is 28.1 Å². The van der Waals surface area contributed by atoms with Gasteiger partial charge in [0.2, 0.25) is 0 Å². The molecule has 0 radical (unpaired) electrons. The molecule has 0 bridgehead atoms. The molecule has 0 spiro atoms. The minimum absolute atomic E-state index is 2.56. The second-order valence-corrected chi connectivity index (χ2v) is 0.397. The van der Waals surface area contributed by atoms with Gasteiger partial charge >= 0.3 is 7.40 Å². The minimum atomic E-state index is -2.56. The summed E-state index contributed by atoms with van der Waals surface area (Å²) in [5.74, 6) is 0. The third-order valence-corrected chi connectivity index (χ3v) is 0.0870. The summed E-state index contributed by atoms with van der Waals surface area (Å²) >= 11 is 0. The first-order valence-corrected chi connectivity index (χ1v) is 0.895. The summed E-state index contributed by atoms with van der Waals surface area (Å²) in [7, 11) is -2.56. The molecule has 0 aliphatic heterocycles. The molecule has 0 unspecified atom stereocenters. The van der Waals surface area contributed by atoms with Crippen molar-refractivity contribution >= 4 is 7.40 Å². The van der Waals surface area contributed by atoms with Gasteiger partial charge in [-0.3, -0.25) is 9.57 Å². The Morgan fingerprint density at radius 3 is 2.00 bits per heavy atom. The summed E-state index contributed by atoms with van der Waals surface area (Å²) < 4.78 is 10.5. The lowest BCUT2D eigenvalue weighted by molar-refractivity contribution is -0.167. The van der Waals surface area contributed by atoms with Crippen molar-refractivity contribution in [3.05, 3.63) is 0 Å². The maximum Gasteiger partial charge on any atom is 0.705 e. The monoisotopic (exact) mass is 80.0 g/mol. The molecule has 0 aromatic carbocycles. The number of halogens is 1. The first kappa shape index (κ1) is 4.87. The molecule has 0 aliphatic rings. The van der Waals surface area contributed by atoms with E-state index >= 15 is 0 Å². The first-order valence-electron chi connectivity index (χ1n) is 0.895. The van der Waals surface area contributed by atoms with Crippen LogP contribution < -0.4 is 0 Å². The zero-order valence-electron chi connectivity index (χ0n) is 2.26. The van der Waals surface area contributed by atoms with Crippen LogP contribution in [0.4, 0.5) is 4.32 Å². The molecule has 0 saturated heterocycles. The standard InChI is InChI=1S/BFH2O3/c2-1(3)5-4/h3-4H. The van der Waals surface area contributed by atoms with Crippen molar-refractivity contribution < 1.29 is 19.4 Å². The normalized spacial score (nSPS) is 7.80. The second-order valence-electron chi connectivity index (χ2n) is 0.397. The Kier molecular flexibility index (Phi) is 2.08. The Hall–Kier alpha value is -0.125. The highest BCUT2D eigenvalue weighted by atomic mass is 19.1. The molecular weight excluding hydrogens is 77.8 g/mol. The van der Waals surface area contributed by atoms with Gasteiger partial charge in [-0.2, -0.15) is 0 Å². The van der Waals surface area contributed by atoms with E-state index < -0.39 is 7.40 Å². The van der Waals surface area contributed by atoms with Crippen LogP contribution in [0.3, 0.4) is 0 Å². The molecule has 0 aromatic heterocycles. The molecule has 5 heteroatoms. The van der Waals surface area contributed by atoms with Crippen LogP contribution in [0.15, 0.2) is 0 Å². The van der Waals surface area contributed by atoms with Crippen LogP contribution in [0.5, 0.6) is 0 Å². The van der Waals surface area contributed by atoms with Crippen molar-refractivity contribution in [2.24, 2.45) is 0 Å². The van der Waals surface area contributed by atoms with E-state index in [1.807, 2.05) is 0 Å². The lowest BCUT2D eigenvalue weighted by atomic mass is 10.3. The Morgan fingerprint density at radius 2 is 2.00 bits per heavy atom. The Bertz CT molecular complexity index is 20.9. The first-order chi connectivity index (χ1) is 2.27. The molecule has 5 heavy (non-hydrogen) atoms. The Balaban J connectivity index is 2.54. The topological polar surface area (TPSA) is 49.7 Å². The van der Waals surface area contributed by atoms with E-state index in [-0.39, 0.29) is 0 Å². The largest absolute Gasteiger partial charge is 0.705 e.